The Kier molecular flexibility index (Phi) is 5.72. The van der Waals surface area contributed by atoms with Gasteiger partial charge in [0.2, 0.25) is 0 Å². The van der Waals surface area contributed by atoms with Crippen LogP contribution in [0, 0.1) is 18.8 Å². The fourth-order valence-electron chi connectivity index (χ4n) is 2.30. The molecule has 1 aliphatic heterocycles. The second-order valence-electron chi connectivity index (χ2n) is 5.23. The number of carbonyl (C=O) groups excluding carboxylic acids is 1. The van der Waals surface area contributed by atoms with Crippen LogP contribution >= 0.6 is 11.8 Å². The molecule has 2 rings (SSSR count). The number of rotatable bonds is 2. The van der Waals surface area contributed by atoms with Crippen LogP contribution < -0.4 is 0 Å². The topological polar surface area (TPSA) is 40.5 Å². The molecule has 1 aromatic rings. The number of benzene rings is 1. The number of nitrogens with zero attached hydrogens (tertiary/aromatic N) is 1. The van der Waals surface area contributed by atoms with E-state index < -0.39 is 0 Å². The Bertz CT molecular complexity index is 574. The van der Waals surface area contributed by atoms with Gasteiger partial charge in [-0.3, -0.25) is 4.79 Å². The van der Waals surface area contributed by atoms with E-state index in [0.717, 1.165) is 29.2 Å². The maximum atomic E-state index is 12.6. The Morgan fingerprint density at radius 3 is 3.05 bits per heavy atom. The Balaban J connectivity index is 2.22. The molecular formula is C17H21NO2S. The van der Waals surface area contributed by atoms with Gasteiger partial charge in [0.1, 0.15) is 0 Å². The smallest absolute Gasteiger partial charge is 0.254 e. The minimum Gasteiger partial charge on any atom is -0.395 e. The van der Waals surface area contributed by atoms with Crippen molar-refractivity contribution in [1.29, 1.82) is 0 Å². The van der Waals surface area contributed by atoms with Crippen molar-refractivity contribution in [3.8, 4) is 11.8 Å². The highest BCUT2D eigenvalue weighted by molar-refractivity contribution is 7.99. The number of aliphatic hydroxyl groups is 1. The average Bonchev–Trinajstić information content (AvgIpc) is 2.49. The van der Waals surface area contributed by atoms with E-state index in [9.17, 15) is 4.79 Å². The van der Waals surface area contributed by atoms with Crippen LogP contribution in [-0.2, 0) is 0 Å². The van der Waals surface area contributed by atoms with Crippen LogP contribution in [0.1, 0.15) is 34.8 Å². The second kappa shape index (κ2) is 7.53. The van der Waals surface area contributed by atoms with E-state index in [1.807, 2.05) is 41.8 Å². The molecule has 1 unspecified atom stereocenters. The van der Waals surface area contributed by atoms with Gasteiger partial charge in [0, 0.05) is 41.6 Å². The summed E-state index contributed by atoms with van der Waals surface area (Å²) in [6, 6.07) is 5.97. The molecule has 1 saturated heterocycles. The molecule has 1 atom stereocenters. The third kappa shape index (κ3) is 4.03. The van der Waals surface area contributed by atoms with Crippen molar-refractivity contribution in [3.63, 3.8) is 0 Å². The van der Waals surface area contributed by atoms with Crippen molar-refractivity contribution in [2.75, 3.05) is 24.7 Å². The molecule has 4 heteroatoms. The number of hydrogen-bond acceptors (Lipinski definition) is 3. The summed E-state index contributed by atoms with van der Waals surface area (Å²) >= 11 is 1.90. The minimum atomic E-state index is 0.0631. The molecule has 0 saturated carbocycles. The van der Waals surface area contributed by atoms with Crippen molar-refractivity contribution in [2.24, 2.45) is 0 Å². The minimum absolute atomic E-state index is 0.0631. The number of aliphatic hydroxyl groups excluding tert-OH is 1. The van der Waals surface area contributed by atoms with Crippen molar-refractivity contribution >= 4 is 17.7 Å². The first-order chi connectivity index (χ1) is 10.1. The third-order valence-electron chi connectivity index (χ3n) is 3.57. The fraction of sp³-hybridized carbons (Fsp3) is 0.471. The number of amides is 1. The van der Waals surface area contributed by atoms with Crippen LogP contribution in [0.2, 0.25) is 0 Å². The van der Waals surface area contributed by atoms with E-state index in [4.69, 9.17) is 5.11 Å². The van der Waals surface area contributed by atoms with E-state index >= 15 is 0 Å². The highest BCUT2D eigenvalue weighted by Gasteiger charge is 2.24. The predicted octanol–water partition coefficient (Wildman–Crippen LogP) is 2.31. The Morgan fingerprint density at radius 1 is 1.52 bits per heavy atom. The van der Waals surface area contributed by atoms with Crippen molar-refractivity contribution in [1.82, 2.24) is 4.90 Å². The molecule has 0 aliphatic carbocycles. The third-order valence-corrected chi connectivity index (χ3v) is 4.76. The largest absolute Gasteiger partial charge is 0.395 e. The fourth-order valence-corrected chi connectivity index (χ4v) is 3.31. The standard InChI is InChI=1S/C17H21NO2S/c1-13-6-7-16(11-15(13)5-3-4-9-19)17(20)18-8-10-21-12-14(18)2/h6-7,11,14,19H,4,8-10,12H2,1-2H3. The summed E-state index contributed by atoms with van der Waals surface area (Å²) in [5.74, 6) is 8.05. The molecule has 1 aliphatic rings. The molecule has 1 aromatic carbocycles. The zero-order valence-electron chi connectivity index (χ0n) is 12.6. The van der Waals surface area contributed by atoms with E-state index in [0.29, 0.717) is 12.0 Å². The van der Waals surface area contributed by atoms with Crippen molar-refractivity contribution in [2.45, 2.75) is 26.3 Å². The van der Waals surface area contributed by atoms with E-state index in [1.54, 1.807) is 0 Å². The first kappa shape index (κ1) is 15.9. The van der Waals surface area contributed by atoms with Crippen molar-refractivity contribution in [3.05, 3.63) is 34.9 Å². The van der Waals surface area contributed by atoms with Gasteiger partial charge in [0.05, 0.1) is 6.61 Å². The van der Waals surface area contributed by atoms with E-state index in [-0.39, 0.29) is 18.6 Å². The summed E-state index contributed by atoms with van der Waals surface area (Å²) < 4.78 is 0. The Morgan fingerprint density at radius 2 is 2.33 bits per heavy atom. The van der Waals surface area contributed by atoms with Gasteiger partial charge in [-0.25, -0.2) is 0 Å². The van der Waals surface area contributed by atoms with Crippen LogP contribution in [0.5, 0.6) is 0 Å². The normalized spacial score (nSPS) is 18.0. The lowest BCUT2D eigenvalue weighted by Crippen LogP contribution is -2.44. The number of hydrogen-bond donors (Lipinski definition) is 1. The molecule has 3 nitrogen and oxygen atoms in total. The molecule has 112 valence electrons. The summed E-state index contributed by atoms with van der Waals surface area (Å²) in [5.41, 5.74) is 2.63. The zero-order chi connectivity index (χ0) is 15.2. The van der Waals surface area contributed by atoms with E-state index in [2.05, 4.69) is 18.8 Å². The first-order valence-corrected chi connectivity index (χ1v) is 8.38. The predicted molar refractivity (Wildman–Crippen MR) is 87.6 cm³/mol. The lowest BCUT2D eigenvalue weighted by Gasteiger charge is -2.33. The number of aryl methyl sites for hydroxylation is 1. The van der Waals surface area contributed by atoms with Gasteiger partial charge in [-0.15, -0.1) is 0 Å². The number of carbonyl (C=O) groups is 1. The summed E-state index contributed by atoms with van der Waals surface area (Å²) in [7, 11) is 0. The SMILES string of the molecule is Cc1ccc(C(=O)N2CCSCC2C)cc1C#CCCO. The number of thioether (sulfide) groups is 1. The molecule has 0 spiro atoms. The van der Waals surface area contributed by atoms with Crippen LogP contribution in [0.25, 0.3) is 0 Å². The van der Waals surface area contributed by atoms with Gasteiger partial charge < -0.3 is 10.0 Å². The summed E-state index contributed by atoms with van der Waals surface area (Å²) in [6.45, 7) is 4.95. The summed E-state index contributed by atoms with van der Waals surface area (Å²) in [5, 5.41) is 8.79. The molecule has 1 N–H and O–H groups in total. The molecule has 21 heavy (non-hydrogen) atoms. The van der Waals surface area contributed by atoms with Crippen LogP contribution in [0.4, 0.5) is 0 Å². The van der Waals surface area contributed by atoms with Crippen LogP contribution in [-0.4, -0.2) is 46.6 Å². The highest BCUT2D eigenvalue weighted by atomic mass is 32.2. The molecule has 1 fully saturated rings. The molecular weight excluding hydrogens is 282 g/mol. The monoisotopic (exact) mass is 303 g/mol. The zero-order valence-corrected chi connectivity index (χ0v) is 13.4. The molecule has 0 bridgehead atoms. The summed E-state index contributed by atoms with van der Waals surface area (Å²) in [4.78, 5) is 14.6. The van der Waals surface area contributed by atoms with Crippen LogP contribution in [0.3, 0.4) is 0 Å². The van der Waals surface area contributed by atoms with Gasteiger partial charge in [-0.05, 0) is 31.5 Å². The lowest BCUT2D eigenvalue weighted by atomic mass is 10.0. The first-order valence-electron chi connectivity index (χ1n) is 7.22. The van der Waals surface area contributed by atoms with Crippen molar-refractivity contribution < 1.29 is 9.90 Å². The average molecular weight is 303 g/mol. The Hall–Kier alpha value is -1.44. The van der Waals surface area contributed by atoms with Gasteiger partial charge in [-0.2, -0.15) is 11.8 Å². The molecule has 1 amide bonds. The molecule has 0 aromatic heterocycles. The quantitative estimate of drug-likeness (QED) is 0.852. The van der Waals surface area contributed by atoms with Gasteiger partial charge >= 0.3 is 0 Å². The summed E-state index contributed by atoms with van der Waals surface area (Å²) in [6.07, 6.45) is 0.456. The van der Waals surface area contributed by atoms with Gasteiger partial charge in [0.15, 0.2) is 0 Å². The maximum absolute atomic E-state index is 12.6. The van der Waals surface area contributed by atoms with E-state index in [1.165, 1.54) is 0 Å². The molecule has 1 heterocycles. The van der Waals surface area contributed by atoms with Gasteiger partial charge in [-0.1, -0.05) is 17.9 Å². The highest BCUT2D eigenvalue weighted by Crippen LogP contribution is 2.20. The van der Waals surface area contributed by atoms with Crippen LogP contribution in [0.15, 0.2) is 18.2 Å². The molecule has 0 radical (unpaired) electrons. The Labute approximate surface area is 130 Å². The lowest BCUT2D eigenvalue weighted by molar-refractivity contribution is 0.0716. The van der Waals surface area contributed by atoms with Gasteiger partial charge in [0.25, 0.3) is 5.91 Å². The maximum Gasteiger partial charge on any atom is 0.254 e. The second-order valence-corrected chi connectivity index (χ2v) is 6.38.